The summed E-state index contributed by atoms with van der Waals surface area (Å²) in [7, 11) is 0. The number of benzene rings is 2. The second kappa shape index (κ2) is 11.4. The van der Waals surface area contributed by atoms with Crippen LogP contribution in [0.25, 0.3) is 21.7 Å². The summed E-state index contributed by atoms with van der Waals surface area (Å²) in [5.74, 6) is 2.48. The molecule has 0 unspecified atom stereocenters. The number of fused-ring (bicyclic) bond motifs is 2. The average Bonchev–Trinajstić information content (AvgIpc) is 3.68. The molecule has 2 aromatic heterocycles. The van der Waals surface area contributed by atoms with Crippen LogP contribution in [-0.2, 0) is 0 Å². The zero-order valence-electron chi connectivity index (χ0n) is 24.6. The third kappa shape index (κ3) is 5.45. The first kappa shape index (κ1) is 31.4. The van der Waals surface area contributed by atoms with Crippen molar-refractivity contribution >= 4 is 44.7 Å². The number of aromatic nitrogens is 2. The van der Waals surface area contributed by atoms with E-state index in [2.05, 4.69) is 37.5 Å². The van der Waals surface area contributed by atoms with E-state index in [0.29, 0.717) is 51.5 Å². The number of aromatic amines is 1. The Bertz CT molecular complexity index is 1960. The van der Waals surface area contributed by atoms with Gasteiger partial charge in [0.15, 0.2) is 0 Å². The Morgan fingerprint density at radius 1 is 1.15 bits per heavy atom. The van der Waals surface area contributed by atoms with E-state index in [0.717, 1.165) is 13.8 Å². The van der Waals surface area contributed by atoms with E-state index in [4.69, 9.17) is 18.0 Å². The smallest absolute Gasteiger partial charge is 0.383 e. The molecule has 0 amide bonds. The number of rotatable bonds is 9. The number of anilines is 2. The maximum absolute atomic E-state index is 14.0. The van der Waals surface area contributed by atoms with E-state index in [1.165, 1.54) is 17.4 Å². The van der Waals surface area contributed by atoms with Crippen LogP contribution < -0.4 is 27.2 Å². The highest BCUT2D eigenvalue weighted by molar-refractivity contribution is 6.35. The minimum absolute atomic E-state index is 0.192. The number of H-pyrrole nitrogens is 1. The van der Waals surface area contributed by atoms with Crippen LogP contribution in [0.2, 0.25) is 5.02 Å². The summed E-state index contributed by atoms with van der Waals surface area (Å²) in [4.78, 5) is 19.7. The number of hydrogen-bond donors (Lipinski definition) is 5. The molecule has 8 nitrogen and oxygen atoms in total. The number of nitrogens with zero attached hydrogens (tertiary/aromatic N) is 2. The predicted molar refractivity (Wildman–Crippen MR) is 168 cm³/mol. The SMILES string of the molecule is C#Cc1cnc2c(Cl)cc(N[C@H](C3=CN(C4(C(F)F)CC4)NN3)c3cccc4c(=O)[nH]ccc34)cc2c1NCC(C)(C)C(F)(F)F. The normalized spacial score (nSPS) is 16.7. The van der Waals surface area contributed by atoms with Crippen LogP contribution in [0.5, 0.6) is 0 Å². The fraction of sp³-hybridized carbons (Fsp3) is 0.312. The number of alkyl halides is 5. The molecule has 2 aliphatic rings. The van der Waals surface area contributed by atoms with Crippen molar-refractivity contribution in [2.24, 2.45) is 5.41 Å². The molecule has 2 aromatic carbocycles. The fourth-order valence-electron chi connectivity index (χ4n) is 5.45. The van der Waals surface area contributed by atoms with Gasteiger partial charge in [-0.25, -0.2) is 8.78 Å². The number of halogens is 6. The maximum Gasteiger partial charge on any atom is 0.395 e. The number of terminal acetylenes is 1. The second-order valence-corrected chi connectivity index (χ2v) is 12.5. The van der Waals surface area contributed by atoms with Crippen LogP contribution in [0.4, 0.5) is 33.3 Å². The van der Waals surface area contributed by atoms with Crippen LogP contribution in [0.1, 0.15) is 43.9 Å². The summed E-state index contributed by atoms with van der Waals surface area (Å²) < 4.78 is 69.0. The monoisotopic (exact) mass is 657 g/mol. The van der Waals surface area contributed by atoms with E-state index < -0.39 is 36.1 Å². The van der Waals surface area contributed by atoms with Crippen LogP contribution in [0, 0.1) is 17.8 Å². The molecule has 0 spiro atoms. The van der Waals surface area contributed by atoms with Crippen molar-refractivity contribution in [3.63, 3.8) is 0 Å². The molecular formula is C32H29ClF5N7O. The molecule has 1 aliphatic heterocycles. The first-order valence-corrected chi connectivity index (χ1v) is 14.7. The van der Waals surface area contributed by atoms with Crippen molar-refractivity contribution in [1.29, 1.82) is 0 Å². The molecule has 4 aromatic rings. The zero-order valence-corrected chi connectivity index (χ0v) is 25.4. The van der Waals surface area contributed by atoms with Gasteiger partial charge in [0.1, 0.15) is 5.54 Å². The molecule has 0 bridgehead atoms. The summed E-state index contributed by atoms with van der Waals surface area (Å²) in [6.45, 7) is 1.69. The first-order valence-electron chi connectivity index (χ1n) is 14.3. The Hall–Kier alpha value is -4.54. The highest BCUT2D eigenvalue weighted by Crippen LogP contribution is 2.47. The minimum atomic E-state index is -4.48. The summed E-state index contributed by atoms with van der Waals surface area (Å²) in [5.41, 5.74) is 4.45. The zero-order chi connectivity index (χ0) is 33.0. The molecule has 5 N–H and O–H groups in total. The van der Waals surface area contributed by atoms with Gasteiger partial charge in [0.25, 0.3) is 12.0 Å². The number of pyridine rings is 2. The lowest BCUT2D eigenvalue weighted by Crippen LogP contribution is -2.48. The van der Waals surface area contributed by atoms with Crippen LogP contribution in [0.3, 0.4) is 0 Å². The maximum atomic E-state index is 14.0. The summed E-state index contributed by atoms with van der Waals surface area (Å²) >= 11 is 6.68. The van der Waals surface area contributed by atoms with Gasteiger partial charge in [0.2, 0.25) is 0 Å². The molecule has 0 saturated heterocycles. The Labute approximate surface area is 265 Å². The van der Waals surface area contributed by atoms with Crippen molar-refractivity contribution in [3.05, 3.63) is 87.2 Å². The van der Waals surface area contributed by atoms with Crippen LogP contribution >= 0.6 is 11.6 Å². The van der Waals surface area contributed by atoms with E-state index in [9.17, 15) is 26.7 Å². The first-order chi connectivity index (χ1) is 21.8. The Balaban J connectivity index is 1.46. The van der Waals surface area contributed by atoms with Crippen molar-refractivity contribution in [2.75, 3.05) is 17.2 Å². The number of hydrazine groups is 2. The lowest BCUT2D eigenvalue weighted by Gasteiger charge is -2.29. The Morgan fingerprint density at radius 3 is 2.59 bits per heavy atom. The third-order valence-corrected chi connectivity index (χ3v) is 8.86. The van der Waals surface area contributed by atoms with Crippen molar-refractivity contribution in [2.45, 2.75) is 50.9 Å². The lowest BCUT2D eigenvalue weighted by molar-refractivity contribution is -0.206. The standard InChI is InChI=1S/C32H29ClF5N7O/c1-4-17-14-40-26-22(25(17)41-16-30(2,3)32(36,37)38)12-18(13-23(26)33)42-27(20-6-5-7-21-19(20)8-11-39-28(21)46)24-15-45(44-43-24)31(9-10-31)29(34)35/h1,5-8,11-15,27,29,42-44H,9-10,16H2,2-3H3,(H,39,46)(H,40,41)/t27-/m0/s1. The number of hydrogen-bond acceptors (Lipinski definition) is 7. The van der Waals surface area contributed by atoms with Gasteiger partial charge in [0, 0.05) is 41.6 Å². The minimum Gasteiger partial charge on any atom is -0.383 e. The van der Waals surface area contributed by atoms with Gasteiger partial charge >= 0.3 is 6.18 Å². The van der Waals surface area contributed by atoms with Gasteiger partial charge in [-0.2, -0.15) is 13.2 Å². The van der Waals surface area contributed by atoms with Gasteiger partial charge in [-0.05, 0) is 61.9 Å². The van der Waals surface area contributed by atoms with Crippen LogP contribution in [0.15, 0.2) is 65.5 Å². The van der Waals surface area contributed by atoms with Crippen molar-refractivity contribution in [1.82, 2.24) is 25.9 Å². The third-order valence-electron chi connectivity index (χ3n) is 8.57. The second-order valence-electron chi connectivity index (χ2n) is 12.1. The molecule has 1 fully saturated rings. The lowest BCUT2D eigenvalue weighted by atomic mass is 9.92. The van der Waals surface area contributed by atoms with E-state index in [-0.39, 0.29) is 21.8 Å². The van der Waals surface area contributed by atoms with E-state index in [1.807, 2.05) is 0 Å². The fourth-order valence-corrected chi connectivity index (χ4v) is 5.71. The summed E-state index contributed by atoms with van der Waals surface area (Å²) in [5, 5.41) is 9.23. The molecule has 14 heteroatoms. The Kier molecular flexibility index (Phi) is 7.77. The summed E-state index contributed by atoms with van der Waals surface area (Å²) in [6, 6.07) is 9.45. The molecule has 3 heterocycles. The van der Waals surface area contributed by atoms with Gasteiger partial charge in [-0.15, -0.1) is 12.0 Å². The largest absolute Gasteiger partial charge is 0.395 e. The van der Waals surface area contributed by atoms with Gasteiger partial charge in [-0.1, -0.05) is 29.7 Å². The predicted octanol–water partition coefficient (Wildman–Crippen LogP) is 6.83. The molecule has 240 valence electrons. The van der Waals surface area contributed by atoms with Crippen molar-refractivity contribution in [3.8, 4) is 12.3 Å². The highest BCUT2D eigenvalue weighted by atomic mass is 35.5. The highest BCUT2D eigenvalue weighted by Gasteiger charge is 2.56. The van der Waals surface area contributed by atoms with Crippen LogP contribution in [-0.4, -0.2) is 39.7 Å². The summed E-state index contributed by atoms with van der Waals surface area (Å²) in [6.07, 6.45) is 3.69. The van der Waals surface area contributed by atoms with E-state index in [1.54, 1.807) is 42.6 Å². The topological polar surface area (TPSA) is 97.1 Å². The molecular weight excluding hydrogens is 629 g/mol. The molecule has 6 rings (SSSR count). The molecule has 1 saturated carbocycles. The molecule has 1 atom stereocenters. The molecule has 46 heavy (non-hydrogen) atoms. The molecule has 0 radical (unpaired) electrons. The number of nitrogens with one attached hydrogen (secondary N) is 5. The average molecular weight is 658 g/mol. The van der Waals surface area contributed by atoms with Gasteiger partial charge in [0.05, 0.1) is 38.9 Å². The quantitative estimate of drug-likeness (QED) is 0.0995. The van der Waals surface area contributed by atoms with E-state index >= 15 is 0 Å². The van der Waals surface area contributed by atoms with Gasteiger partial charge in [-0.3, -0.25) is 14.8 Å². The van der Waals surface area contributed by atoms with Crippen molar-refractivity contribution < 1.29 is 22.0 Å². The van der Waals surface area contributed by atoms with Gasteiger partial charge < -0.3 is 21.0 Å². The Morgan fingerprint density at radius 2 is 1.91 bits per heavy atom. The molecule has 1 aliphatic carbocycles.